The van der Waals surface area contributed by atoms with E-state index in [4.69, 9.17) is 5.73 Å². The van der Waals surface area contributed by atoms with Gasteiger partial charge in [-0.3, -0.25) is 4.98 Å². The lowest BCUT2D eigenvalue weighted by molar-refractivity contribution is 0.627. The molecule has 0 aliphatic rings. The van der Waals surface area contributed by atoms with Gasteiger partial charge in [0.2, 0.25) is 0 Å². The Morgan fingerprint density at radius 2 is 1.94 bits per heavy atom. The smallest absolute Gasteiger partial charge is 0.123 e. The zero-order chi connectivity index (χ0) is 12.1. The van der Waals surface area contributed by atoms with Gasteiger partial charge in [-0.05, 0) is 23.8 Å². The fraction of sp³-hybridized carbons (Fsp3) is 0.154. The van der Waals surface area contributed by atoms with Crippen LogP contribution in [0.4, 0.5) is 10.1 Å². The van der Waals surface area contributed by atoms with E-state index in [0.717, 1.165) is 16.8 Å². The first-order valence-corrected chi connectivity index (χ1v) is 5.41. The highest BCUT2D eigenvalue weighted by Crippen LogP contribution is 2.14. The minimum Gasteiger partial charge on any atom is -0.381 e. The van der Waals surface area contributed by atoms with Crippen LogP contribution in [0.1, 0.15) is 11.1 Å². The molecule has 1 aromatic heterocycles. The molecule has 4 heteroatoms. The van der Waals surface area contributed by atoms with Crippen molar-refractivity contribution in [3.63, 3.8) is 0 Å². The van der Waals surface area contributed by atoms with Crippen LogP contribution in [0, 0.1) is 5.82 Å². The van der Waals surface area contributed by atoms with Crippen molar-refractivity contribution in [3.8, 4) is 0 Å². The van der Waals surface area contributed by atoms with Gasteiger partial charge in [-0.25, -0.2) is 4.39 Å². The van der Waals surface area contributed by atoms with Crippen LogP contribution in [0.3, 0.4) is 0 Å². The Balaban J connectivity index is 2.04. The molecule has 0 saturated carbocycles. The van der Waals surface area contributed by atoms with E-state index in [0.29, 0.717) is 13.1 Å². The maximum Gasteiger partial charge on any atom is 0.123 e. The Morgan fingerprint density at radius 1 is 1.18 bits per heavy atom. The molecule has 3 nitrogen and oxygen atoms in total. The summed E-state index contributed by atoms with van der Waals surface area (Å²) < 4.78 is 12.7. The Bertz CT molecular complexity index is 482. The topological polar surface area (TPSA) is 50.9 Å². The molecule has 2 aromatic rings. The van der Waals surface area contributed by atoms with Gasteiger partial charge in [-0.1, -0.05) is 12.1 Å². The molecule has 17 heavy (non-hydrogen) atoms. The summed E-state index contributed by atoms with van der Waals surface area (Å²) in [6.45, 7) is 1.08. The van der Waals surface area contributed by atoms with Crippen molar-refractivity contribution in [1.29, 1.82) is 0 Å². The second kappa shape index (κ2) is 5.41. The zero-order valence-electron chi connectivity index (χ0n) is 9.36. The van der Waals surface area contributed by atoms with E-state index in [9.17, 15) is 4.39 Å². The fourth-order valence-electron chi connectivity index (χ4n) is 1.56. The summed E-state index contributed by atoms with van der Waals surface area (Å²) in [5.41, 5.74) is 8.56. The van der Waals surface area contributed by atoms with Crippen LogP contribution in [-0.2, 0) is 13.1 Å². The van der Waals surface area contributed by atoms with Gasteiger partial charge >= 0.3 is 0 Å². The minimum absolute atomic E-state index is 0.222. The third-order valence-electron chi connectivity index (χ3n) is 2.52. The molecule has 0 saturated heterocycles. The Labute approximate surface area is 99.5 Å². The Morgan fingerprint density at radius 3 is 2.65 bits per heavy atom. The minimum atomic E-state index is -0.222. The van der Waals surface area contributed by atoms with Crippen LogP contribution < -0.4 is 11.1 Å². The number of hydrogen-bond donors (Lipinski definition) is 2. The molecule has 1 heterocycles. The predicted molar refractivity (Wildman–Crippen MR) is 65.9 cm³/mol. The van der Waals surface area contributed by atoms with Crippen LogP contribution in [0.25, 0.3) is 0 Å². The van der Waals surface area contributed by atoms with Crippen molar-refractivity contribution in [2.75, 3.05) is 5.32 Å². The van der Waals surface area contributed by atoms with Crippen molar-refractivity contribution < 1.29 is 4.39 Å². The molecular weight excluding hydrogens is 217 g/mol. The lowest BCUT2D eigenvalue weighted by Gasteiger charge is -2.10. The van der Waals surface area contributed by atoms with Gasteiger partial charge < -0.3 is 11.1 Å². The van der Waals surface area contributed by atoms with E-state index >= 15 is 0 Å². The molecule has 0 amide bonds. The van der Waals surface area contributed by atoms with Crippen molar-refractivity contribution in [2.24, 2.45) is 5.73 Å². The molecule has 0 spiro atoms. The highest BCUT2D eigenvalue weighted by molar-refractivity contribution is 5.49. The zero-order valence-corrected chi connectivity index (χ0v) is 9.36. The third-order valence-corrected chi connectivity index (χ3v) is 2.52. The number of rotatable bonds is 4. The second-order valence-corrected chi connectivity index (χ2v) is 3.72. The molecule has 3 N–H and O–H groups in total. The summed E-state index contributed by atoms with van der Waals surface area (Å²) in [6.07, 6.45) is 3.46. The maximum atomic E-state index is 12.7. The van der Waals surface area contributed by atoms with Crippen molar-refractivity contribution in [2.45, 2.75) is 13.1 Å². The number of nitrogens with zero attached hydrogens (tertiary/aromatic N) is 1. The van der Waals surface area contributed by atoms with Gasteiger partial charge in [0, 0.05) is 36.7 Å². The highest BCUT2D eigenvalue weighted by atomic mass is 19.1. The largest absolute Gasteiger partial charge is 0.381 e. The van der Waals surface area contributed by atoms with Crippen LogP contribution in [0.5, 0.6) is 0 Å². The van der Waals surface area contributed by atoms with Crippen LogP contribution in [-0.4, -0.2) is 4.98 Å². The molecule has 0 atom stereocenters. The van der Waals surface area contributed by atoms with E-state index in [-0.39, 0.29) is 5.82 Å². The van der Waals surface area contributed by atoms with Crippen molar-refractivity contribution in [3.05, 3.63) is 59.7 Å². The molecule has 88 valence electrons. The molecule has 0 fully saturated rings. The standard InChI is InChI=1S/C13H14FN3/c14-12-3-1-10(2-4-12)8-17-13-5-6-16-9-11(13)7-15/h1-6,9H,7-8,15H2,(H,16,17). The van der Waals surface area contributed by atoms with Crippen molar-refractivity contribution in [1.82, 2.24) is 4.98 Å². The fourth-order valence-corrected chi connectivity index (χ4v) is 1.56. The average molecular weight is 231 g/mol. The van der Waals surface area contributed by atoms with Gasteiger partial charge in [0.15, 0.2) is 0 Å². The summed E-state index contributed by atoms with van der Waals surface area (Å²) >= 11 is 0. The molecule has 0 aliphatic heterocycles. The number of nitrogens with two attached hydrogens (primary N) is 1. The summed E-state index contributed by atoms with van der Waals surface area (Å²) in [7, 11) is 0. The second-order valence-electron chi connectivity index (χ2n) is 3.72. The first-order chi connectivity index (χ1) is 8.29. The van der Waals surface area contributed by atoms with E-state index in [1.54, 1.807) is 24.5 Å². The summed E-state index contributed by atoms with van der Waals surface area (Å²) in [6, 6.07) is 8.30. The quantitative estimate of drug-likeness (QED) is 0.848. The SMILES string of the molecule is NCc1cnccc1NCc1ccc(F)cc1. The summed E-state index contributed by atoms with van der Waals surface area (Å²) in [5, 5.41) is 3.26. The molecule has 0 unspecified atom stereocenters. The first-order valence-electron chi connectivity index (χ1n) is 5.41. The summed E-state index contributed by atoms with van der Waals surface area (Å²) in [4.78, 5) is 4.01. The van der Waals surface area contributed by atoms with E-state index in [2.05, 4.69) is 10.3 Å². The predicted octanol–water partition coefficient (Wildman–Crippen LogP) is 2.29. The molecule has 2 rings (SSSR count). The highest BCUT2D eigenvalue weighted by Gasteiger charge is 2.00. The number of halogens is 1. The Hall–Kier alpha value is -1.94. The van der Waals surface area contributed by atoms with E-state index in [1.165, 1.54) is 12.1 Å². The number of nitrogens with one attached hydrogen (secondary N) is 1. The number of pyridine rings is 1. The molecular formula is C13H14FN3. The van der Waals surface area contributed by atoms with E-state index in [1.807, 2.05) is 6.07 Å². The van der Waals surface area contributed by atoms with Gasteiger partial charge in [0.25, 0.3) is 0 Å². The number of anilines is 1. The molecule has 1 aromatic carbocycles. The monoisotopic (exact) mass is 231 g/mol. The van der Waals surface area contributed by atoms with Crippen molar-refractivity contribution >= 4 is 5.69 Å². The average Bonchev–Trinajstić information content (AvgIpc) is 2.38. The maximum absolute atomic E-state index is 12.7. The van der Waals surface area contributed by atoms with Gasteiger partial charge in [0.05, 0.1) is 0 Å². The van der Waals surface area contributed by atoms with Gasteiger partial charge in [-0.15, -0.1) is 0 Å². The number of hydrogen-bond acceptors (Lipinski definition) is 3. The lowest BCUT2D eigenvalue weighted by Crippen LogP contribution is -2.06. The number of aromatic nitrogens is 1. The third kappa shape index (κ3) is 3.01. The molecule has 0 aliphatic carbocycles. The number of benzene rings is 1. The van der Waals surface area contributed by atoms with Crippen LogP contribution >= 0.6 is 0 Å². The Kier molecular flexibility index (Phi) is 3.67. The van der Waals surface area contributed by atoms with Gasteiger partial charge in [-0.2, -0.15) is 0 Å². The lowest BCUT2D eigenvalue weighted by atomic mass is 10.2. The van der Waals surface area contributed by atoms with Gasteiger partial charge in [0.1, 0.15) is 5.82 Å². The van der Waals surface area contributed by atoms with Crippen LogP contribution in [0.2, 0.25) is 0 Å². The van der Waals surface area contributed by atoms with E-state index < -0.39 is 0 Å². The molecule has 0 bridgehead atoms. The summed E-state index contributed by atoms with van der Waals surface area (Å²) in [5.74, 6) is -0.222. The first kappa shape index (κ1) is 11.5. The van der Waals surface area contributed by atoms with Crippen LogP contribution in [0.15, 0.2) is 42.7 Å². The molecule has 0 radical (unpaired) electrons. The normalized spacial score (nSPS) is 10.2.